The Morgan fingerprint density at radius 2 is 1.76 bits per heavy atom. The number of aliphatic imine (C=N–C) groups is 1. The number of hydrogen-bond donors (Lipinski definition) is 2. The molecule has 4 N–H and O–H groups in total. The van der Waals surface area contributed by atoms with Gasteiger partial charge in [0.25, 0.3) is 0 Å². The Morgan fingerprint density at radius 1 is 1.04 bits per heavy atom. The molecule has 0 amide bonds. The third kappa shape index (κ3) is 3.76. The maximum atomic E-state index is 5.42. The molecule has 2 aromatic carbocycles. The number of nitrogens with two attached hydrogens (primary N) is 2. The molecular weight excluding hydrogens is 310 g/mol. The largest absolute Gasteiger partial charge is 0.370 e. The first kappa shape index (κ1) is 16.9. The minimum absolute atomic E-state index is 0.0699. The molecule has 0 aliphatic heterocycles. The van der Waals surface area contributed by atoms with Crippen LogP contribution in [0.4, 0.5) is 0 Å². The predicted octanol–water partition coefficient (Wildman–Crippen LogP) is 3.37. The molecule has 0 aliphatic carbocycles. The number of fused-ring (bicyclic) bond motifs is 1. The van der Waals surface area contributed by atoms with Gasteiger partial charge in [0.2, 0.25) is 0 Å². The smallest absolute Gasteiger partial charge is 0.186 e. The third-order valence-corrected chi connectivity index (χ3v) is 4.13. The SMILES string of the molecule is CC(C)(C)c1ccc(-c2cnc3c(CN=C(N)N)cccc3n2)cc1. The van der Waals surface area contributed by atoms with Gasteiger partial charge in [0.1, 0.15) is 0 Å². The molecule has 0 saturated heterocycles. The van der Waals surface area contributed by atoms with E-state index in [1.54, 1.807) is 6.20 Å². The molecule has 0 atom stereocenters. The zero-order valence-corrected chi connectivity index (χ0v) is 14.8. The molecule has 5 heteroatoms. The van der Waals surface area contributed by atoms with E-state index < -0.39 is 0 Å². The van der Waals surface area contributed by atoms with Crippen molar-refractivity contribution in [3.8, 4) is 11.3 Å². The molecule has 3 aromatic rings. The average Bonchev–Trinajstić information content (AvgIpc) is 2.58. The second kappa shape index (κ2) is 6.51. The van der Waals surface area contributed by atoms with E-state index in [1.165, 1.54) is 5.56 Å². The highest BCUT2D eigenvalue weighted by atomic mass is 15.0. The molecule has 3 rings (SSSR count). The Hall–Kier alpha value is -2.95. The Morgan fingerprint density at radius 3 is 2.40 bits per heavy atom. The number of para-hydroxylation sites is 1. The van der Waals surface area contributed by atoms with Crippen LogP contribution in [0, 0.1) is 0 Å². The molecule has 1 aromatic heterocycles. The lowest BCUT2D eigenvalue weighted by Gasteiger charge is -2.19. The van der Waals surface area contributed by atoms with Gasteiger partial charge in [0.15, 0.2) is 5.96 Å². The van der Waals surface area contributed by atoms with Crippen LogP contribution in [0.3, 0.4) is 0 Å². The van der Waals surface area contributed by atoms with Crippen molar-refractivity contribution in [3.05, 3.63) is 59.8 Å². The highest BCUT2D eigenvalue weighted by Crippen LogP contribution is 2.26. The fourth-order valence-corrected chi connectivity index (χ4v) is 2.69. The lowest BCUT2D eigenvalue weighted by atomic mass is 9.86. The van der Waals surface area contributed by atoms with Gasteiger partial charge in [-0.2, -0.15) is 0 Å². The van der Waals surface area contributed by atoms with Crippen LogP contribution in [-0.4, -0.2) is 15.9 Å². The summed E-state index contributed by atoms with van der Waals surface area (Å²) in [5.74, 6) is 0.0699. The van der Waals surface area contributed by atoms with E-state index >= 15 is 0 Å². The summed E-state index contributed by atoms with van der Waals surface area (Å²) in [6.45, 7) is 7.01. The Labute approximate surface area is 147 Å². The first-order chi connectivity index (χ1) is 11.8. The molecule has 0 unspecified atom stereocenters. The molecule has 0 bridgehead atoms. The summed E-state index contributed by atoms with van der Waals surface area (Å²) in [5.41, 5.74) is 16.8. The summed E-state index contributed by atoms with van der Waals surface area (Å²) in [7, 11) is 0. The van der Waals surface area contributed by atoms with Gasteiger partial charge in [-0.25, -0.2) is 9.98 Å². The molecule has 0 fully saturated rings. The second-order valence-corrected chi connectivity index (χ2v) is 7.11. The predicted molar refractivity (Wildman–Crippen MR) is 103 cm³/mol. The molecule has 128 valence electrons. The summed E-state index contributed by atoms with van der Waals surface area (Å²) < 4.78 is 0. The van der Waals surface area contributed by atoms with Crippen LogP contribution in [0.15, 0.2) is 53.7 Å². The van der Waals surface area contributed by atoms with Crippen molar-refractivity contribution >= 4 is 17.0 Å². The maximum Gasteiger partial charge on any atom is 0.186 e. The van der Waals surface area contributed by atoms with Gasteiger partial charge >= 0.3 is 0 Å². The summed E-state index contributed by atoms with van der Waals surface area (Å²) >= 11 is 0. The Kier molecular flexibility index (Phi) is 4.40. The number of benzene rings is 2. The molecule has 0 aliphatic rings. The zero-order valence-electron chi connectivity index (χ0n) is 14.8. The van der Waals surface area contributed by atoms with E-state index in [9.17, 15) is 0 Å². The van der Waals surface area contributed by atoms with Crippen molar-refractivity contribution in [3.63, 3.8) is 0 Å². The van der Waals surface area contributed by atoms with Crippen LogP contribution in [0.25, 0.3) is 22.3 Å². The maximum absolute atomic E-state index is 5.42. The molecular formula is C20H23N5. The van der Waals surface area contributed by atoms with Gasteiger partial charge in [-0.05, 0) is 17.0 Å². The van der Waals surface area contributed by atoms with E-state index in [0.29, 0.717) is 6.54 Å². The number of hydrogen-bond acceptors (Lipinski definition) is 3. The fraction of sp³-hybridized carbons (Fsp3) is 0.250. The molecule has 5 nitrogen and oxygen atoms in total. The van der Waals surface area contributed by atoms with E-state index in [4.69, 9.17) is 16.5 Å². The van der Waals surface area contributed by atoms with Crippen LogP contribution in [0.2, 0.25) is 0 Å². The van der Waals surface area contributed by atoms with Crippen molar-refractivity contribution in [1.29, 1.82) is 0 Å². The van der Waals surface area contributed by atoms with Gasteiger partial charge in [-0.15, -0.1) is 0 Å². The van der Waals surface area contributed by atoms with Crippen molar-refractivity contribution < 1.29 is 0 Å². The van der Waals surface area contributed by atoms with Gasteiger partial charge in [-0.3, -0.25) is 4.98 Å². The summed E-state index contributed by atoms with van der Waals surface area (Å²) in [5, 5.41) is 0. The number of rotatable bonds is 3. The quantitative estimate of drug-likeness (QED) is 0.568. The third-order valence-electron chi connectivity index (χ3n) is 4.13. The first-order valence-electron chi connectivity index (χ1n) is 8.25. The van der Waals surface area contributed by atoms with Crippen LogP contribution in [0.1, 0.15) is 31.9 Å². The van der Waals surface area contributed by atoms with Crippen LogP contribution in [0.5, 0.6) is 0 Å². The van der Waals surface area contributed by atoms with Crippen molar-refractivity contribution in [2.75, 3.05) is 0 Å². The van der Waals surface area contributed by atoms with E-state index in [1.807, 2.05) is 18.2 Å². The van der Waals surface area contributed by atoms with Crippen LogP contribution < -0.4 is 11.5 Å². The van der Waals surface area contributed by atoms with E-state index in [0.717, 1.165) is 27.9 Å². The van der Waals surface area contributed by atoms with Crippen molar-refractivity contribution in [2.45, 2.75) is 32.7 Å². The highest BCUT2D eigenvalue weighted by Gasteiger charge is 2.13. The Balaban J connectivity index is 1.98. The molecule has 0 saturated carbocycles. The fourth-order valence-electron chi connectivity index (χ4n) is 2.69. The Bertz CT molecular complexity index is 917. The highest BCUT2D eigenvalue weighted by molar-refractivity contribution is 5.81. The summed E-state index contributed by atoms with van der Waals surface area (Å²) in [6, 6.07) is 14.4. The molecule has 1 heterocycles. The average molecular weight is 333 g/mol. The first-order valence-corrected chi connectivity index (χ1v) is 8.25. The zero-order chi connectivity index (χ0) is 18.0. The van der Waals surface area contributed by atoms with E-state index in [-0.39, 0.29) is 11.4 Å². The standard InChI is InChI=1S/C20H23N5/c1-20(2,3)15-9-7-13(8-10-15)17-12-23-18-14(11-24-19(21)22)5-4-6-16(18)25-17/h4-10,12H,11H2,1-3H3,(H4,21,22,24). The minimum Gasteiger partial charge on any atom is -0.370 e. The van der Waals surface area contributed by atoms with Gasteiger partial charge in [0.05, 0.1) is 29.5 Å². The van der Waals surface area contributed by atoms with E-state index in [2.05, 4.69) is 55.0 Å². The lowest BCUT2D eigenvalue weighted by molar-refractivity contribution is 0.590. The van der Waals surface area contributed by atoms with Crippen LogP contribution in [-0.2, 0) is 12.0 Å². The summed E-state index contributed by atoms with van der Waals surface area (Å²) in [6.07, 6.45) is 1.80. The minimum atomic E-state index is 0.0699. The number of nitrogens with zero attached hydrogens (tertiary/aromatic N) is 3. The lowest BCUT2D eigenvalue weighted by Crippen LogP contribution is -2.22. The topological polar surface area (TPSA) is 90.2 Å². The van der Waals surface area contributed by atoms with Gasteiger partial charge < -0.3 is 11.5 Å². The molecule has 0 spiro atoms. The molecule has 0 radical (unpaired) electrons. The normalized spacial score (nSPS) is 11.5. The summed E-state index contributed by atoms with van der Waals surface area (Å²) in [4.78, 5) is 13.4. The second-order valence-electron chi connectivity index (χ2n) is 7.11. The van der Waals surface area contributed by atoms with Crippen molar-refractivity contribution in [2.24, 2.45) is 16.5 Å². The van der Waals surface area contributed by atoms with Crippen molar-refractivity contribution in [1.82, 2.24) is 9.97 Å². The van der Waals surface area contributed by atoms with Crippen LogP contribution >= 0.6 is 0 Å². The number of aromatic nitrogens is 2. The van der Waals surface area contributed by atoms with Gasteiger partial charge in [-0.1, -0.05) is 57.2 Å². The van der Waals surface area contributed by atoms with Gasteiger partial charge in [0, 0.05) is 11.1 Å². The molecule has 25 heavy (non-hydrogen) atoms. The monoisotopic (exact) mass is 333 g/mol. The number of guanidine groups is 1.